The average Bonchev–Trinajstić information content (AvgIpc) is 2.37. The van der Waals surface area contributed by atoms with Crippen molar-refractivity contribution in [3.05, 3.63) is 29.6 Å². The van der Waals surface area contributed by atoms with Crippen LogP contribution in [0.2, 0.25) is 0 Å². The zero-order valence-corrected chi connectivity index (χ0v) is 11.1. The van der Waals surface area contributed by atoms with Crippen LogP contribution in [0.1, 0.15) is 30.1 Å². The Bertz CT molecular complexity index is 470. The van der Waals surface area contributed by atoms with Crippen LogP contribution in [0.15, 0.2) is 18.2 Å². The number of nitrogens with one attached hydrogen (secondary N) is 2. The van der Waals surface area contributed by atoms with Crippen molar-refractivity contribution in [2.24, 2.45) is 11.1 Å². The molecule has 2 rings (SSSR count). The number of halogens is 1. The number of hydrogen-bond donors (Lipinski definition) is 3. The zero-order chi connectivity index (χ0) is 13.9. The van der Waals surface area contributed by atoms with Crippen molar-refractivity contribution in [2.75, 3.05) is 25.0 Å². The van der Waals surface area contributed by atoms with Crippen LogP contribution in [-0.2, 0) is 0 Å². The van der Waals surface area contributed by atoms with Gasteiger partial charge in [0.05, 0.1) is 5.56 Å². The van der Waals surface area contributed by atoms with Crippen LogP contribution in [0.4, 0.5) is 10.1 Å². The molecule has 1 aliphatic heterocycles. The standard InChI is InChI=1S/C14H20FN3O/c1-14(6-3-7-17-8-14)9-18-11-5-2-4-10(15)12(11)13(16)19/h2,4-5,17-18H,3,6-9H2,1H3,(H2,16,19). The average molecular weight is 265 g/mol. The minimum Gasteiger partial charge on any atom is -0.384 e. The molecule has 1 saturated heterocycles. The Kier molecular flexibility index (Phi) is 4.04. The van der Waals surface area contributed by atoms with Crippen molar-refractivity contribution >= 4 is 11.6 Å². The van der Waals surface area contributed by atoms with E-state index in [1.165, 1.54) is 6.07 Å². The molecule has 1 atom stereocenters. The lowest BCUT2D eigenvalue weighted by Crippen LogP contribution is -2.42. The number of nitrogens with two attached hydrogens (primary N) is 1. The third-order valence-corrected chi connectivity index (χ3v) is 3.65. The molecule has 1 unspecified atom stereocenters. The van der Waals surface area contributed by atoms with E-state index in [4.69, 9.17) is 5.73 Å². The Morgan fingerprint density at radius 2 is 2.37 bits per heavy atom. The van der Waals surface area contributed by atoms with Crippen LogP contribution < -0.4 is 16.4 Å². The molecule has 0 aromatic heterocycles. The van der Waals surface area contributed by atoms with E-state index < -0.39 is 11.7 Å². The van der Waals surface area contributed by atoms with Gasteiger partial charge >= 0.3 is 0 Å². The van der Waals surface area contributed by atoms with Gasteiger partial charge in [-0.15, -0.1) is 0 Å². The number of piperidine rings is 1. The van der Waals surface area contributed by atoms with E-state index in [-0.39, 0.29) is 11.0 Å². The molecule has 0 bridgehead atoms. The predicted octanol–water partition coefficient (Wildman–Crippen LogP) is 1.73. The van der Waals surface area contributed by atoms with Crippen molar-refractivity contribution in [2.45, 2.75) is 19.8 Å². The minimum atomic E-state index is -0.743. The highest BCUT2D eigenvalue weighted by Crippen LogP contribution is 2.27. The molecule has 1 aromatic carbocycles. The van der Waals surface area contributed by atoms with Gasteiger partial charge in [0.1, 0.15) is 5.82 Å². The van der Waals surface area contributed by atoms with Crippen molar-refractivity contribution < 1.29 is 9.18 Å². The topological polar surface area (TPSA) is 67.1 Å². The summed E-state index contributed by atoms with van der Waals surface area (Å²) in [5.74, 6) is -1.32. The maximum atomic E-state index is 13.6. The summed E-state index contributed by atoms with van der Waals surface area (Å²) < 4.78 is 13.6. The van der Waals surface area contributed by atoms with Gasteiger partial charge in [-0.05, 0) is 36.9 Å². The van der Waals surface area contributed by atoms with Crippen molar-refractivity contribution in [1.82, 2.24) is 5.32 Å². The highest BCUT2D eigenvalue weighted by molar-refractivity contribution is 5.98. The first-order valence-electron chi connectivity index (χ1n) is 6.55. The summed E-state index contributed by atoms with van der Waals surface area (Å²) in [5, 5.41) is 6.52. The van der Waals surface area contributed by atoms with Crippen LogP contribution in [0.3, 0.4) is 0 Å². The molecule has 4 N–H and O–H groups in total. The third-order valence-electron chi connectivity index (χ3n) is 3.65. The SMILES string of the molecule is CC1(CNc2cccc(F)c2C(N)=O)CCCNC1. The van der Waals surface area contributed by atoms with E-state index in [1.807, 2.05) is 0 Å². The van der Waals surface area contributed by atoms with E-state index in [0.717, 1.165) is 25.9 Å². The molecule has 19 heavy (non-hydrogen) atoms. The van der Waals surface area contributed by atoms with Crippen molar-refractivity contribution in [3.8, 4) is 0 Å². The third kappa shape index (κ3) is 3.23. The maximum absolute atomic E-state index is 13.6. The summed E-state index contributed by atoms with van der Waals surface area (Å²) >= 11 is 0. The summed E-state index contributed by atoms with van der Waals surface area (Å²) in [7, 11) is 0. The fraction of sp³-hybridized carbons (Fsp3) is 0.500. The molecule has 1 amide bonds. The second-order valence-corrected chi connectivity index (χ2v) is 5.47. The van der Waals surface area contributed by atoms with Crippen molar-refractivity contribution in [1.29, 1.82) is 0 Å². The normalized spacial score (nSPS) is 23.1. The summed E-state index contributed by atoms with van der Waals surface area (Å²) in [6.45, 7) is 4.82. The molecule has 1 aliphatic rings. The number of hydrogen-bond acceptors (Lipinski definition) is 3. The Labute approximate surface area is 112 Å². The Hall–Kier alpha value is -1.62. The molecule has 5 heteroatoms. The molecule has 0 aliphatic carbocycles. The van der Waals surface area contributed by atoms with Gasteiger partial charge in [0, 0.05) is 18.8 Å². The first kappa shape index (κ1) is 13.8. The lowest BCUT2D eigenvalue weighted by Gasteiger charge is -2.34. The number of rotatable bonds is 4. The molecule has 1 heterocycles. The van der Waals surface area contributed by atoms with Gasteiger partial charge in [0.15, 0.2) is 0 Å². The van der Waals surface area contributed by atoms with E-state index >= 15 is 0 Å². The number of primary amides is 1. The second kappa shape index (κ2) is 5.57. The second-order valence-electron chi connectivity index (χ2n) is 5.47. The van der Waals surface area contributed by atoms with Gasteiger partial charge in [0.2, 0.25) is 0 Å². The number of carbonyl (C=O) groups excluding carboxylic acids is 1. The quantitative estimate of drug-likeness (QED) is 0.776. The monoisotopic (exact) mass is 265 g/mol. The van der Waals surface area contributed by atoms with E-state index in [2.05, 4.69) is 17.6 Å². The first-order valence-corrected chi connectivity index (χ1v) is 6.55. The molecular weight excluding hydrogens is 245 g/mol. The molecule has 1 fully saturated rings. The maximum Gasteiger partial charge on any atom is 0.253 e. The minimum absolute atomic E-state index is 0.0603. The first-order chi connectivity index (χ1) is 9.02. The largest absolute Gasteiger partial charge is 0.384 e. The fourth-order valence-electron chi connectivity index (χ4n) is 2.50. The summed E-state index contributed by atoms with van der Waals surface area (Å²) in [6.07, 6.45) is 2.23. The lowest BCUT2D eigenvalue weighted by molar-refractivity contribution is 0.0997. The Morgan fingerprint density at radius 3 is 3.00 bits per heavy atom. The van der Waals surface area contributed by atoms with Crippen LogP contribution in [0.5, 0.6) is 0 Å². The van der Waals surface area contributed by atoms with E-state index in [1.54, 1.807) is 12.1 Å². The van der Waals surface area contributed by atoms with Crippen molar-refractivity contribution in [3.63, 3.8) is 0 Å². The summed E-state index contributed by atoms with van der Waals surface area (Å²) in [4.78, 5) is 11.3. The van der Waals surface area contributed by atoms with Gasteiger partial charge in [0.25, 0.3) is 5.91 Å². The molecule has 0 radical (unpaired) electrons. The Balaban J connectivity index is 2.11. The molecule has 0 saturated carbocycles. The van der Waals surface area contributed by atoms with Gasteiger partial charge < -0.3 is 16.4 Å². The molecule has 104 valence electrons. The van der Waals surface area contributed by atoms with Gasteiger partial charge in [-0.3, -0.25) is 4.79 Å². The molecule has 1 aromatic rings. The highest BCUT2D eigenvalue weighted by atomic mass is 19.1. The molecule has 0 spiro atoms. The van der Waals surface area contributed by atoms with Crippen LogP contribution >= 0.6 is 0 Å². The lowest BCUT2D eigenvalue weighted by atomic mass is 9.82. The van der Waals surface area contributed by atoms with Crippen LogP contribution in [-0.4, -0.2) is 25.5 Å². The number of anilines is 1. The highest BCUT2D eigenvalue weighted by Gasteiger charge is 2.27. The molecule has 4 nitrogen and oxygen atoms in total. The smallest absolute Gasteiger partial charge is 0.253 e. The summed E-state index contributed by atoms with van der Waals surface area (Å²) in [6, 6.07) is 4.50. The van der Waals surface area contributed by atoms with E-state index in [9.17, 15) is 9.18 Å². The van der Waals surface area contributed by atoms with E-state index in [0.29, 0.717) is 12.2 Å². The number of amides is 1. The van der Waals surface area contributed by atoms with Gasteiger partial charge in [-0.25, -0.2) is 4.39 Å². The number of benzene rings is 1. The van der Waals surface area contributed by atoms with Crippen LogP contribution in [0.25, 0.3) is 0 Å². The Morgan fingerprint density at radius 1 is 1.58 bits per heavy atom. The zero-order valence-electron chi connectivity index (χ0n) is 11.1. The number of carbonyl (C=O) groups is 1. The van der Waals surface area contributed by atoms with Gasteiger partial charge in [-0.2, -0.15) is 0 Å². The van der Waals surface area contributed by atoms with Gasteiger partial charge in [-0.1, -0.05) is 13.0 Å². The molecular formula is C14H20FN3O. The predicted molar refractivity (Wildman–Crippen MR) is 73.6 cm³/mol. The summed E-state index contributed by atoms with van der Waals surface area (Å²) in [5.41, 5.74) is 5.75. The van der Waals surface area contributed by atoms with Crippen LogP contribution in [0, 0.1) is 11.2 Å². The fourth-order valence-corrected chi connectivity index (χ4v) is 2.50.